The van der Waals surface area contributed by atoms with Gasteiger partial charge in [0, 0.05) is 0 Å². The van der Waals surface area contributed by atoms with Crippen molar-refractivity contribution in [2.45, 2.75) is 31.7 Å². The third kappa shape index (κ3) is 4.22. The molecule has 124 valence electrons. The first-order chi connectivity index (χ1) is 11.7. The van der Waals surface area contributed by atoms with E-state index >= 15 is 0 Å². The predicted octanol–water partition coefficient (Wildman–Crippen LogP) is 2.54. The Balaban J connectivity index is 1.49. The minimum Gasteiger partial charge on any atom is -0.348 e. The molecule has 4 heteroatoms. The first-order valence-electron chi connectivity index (χ1n) is 8.40. The highest BCUT2D eigenvalue weighted by Gasteiger charge is 2.21. The summed E-state index contributed by atoms with van der Waals surface area (Å²) in [5.41, 5.74) is 3.45. The minimum absolute atomic E-state index is 0.0182. The largest absolute Gasteiger partial charge is 0.348 e. The molecule has 0 radical (unpaired) electrons. The number of carbonyl (C=O) groups is 2. The van der Waals surface area contributed by atoms with E-state index in [1.807, 2.05) is 42.5 Å². The SMILES string of the molecule is O=C(Cc1ccccc1)NCC(=O)N[C@H]1CCCc2ccccc21. The van der Waals surface area contributed by atoms with Crippen LogP contribution in [0.5, 0.6) is 0 Å². The van der Waals surface area contributed by atoms with Crippen LogP contribution in [0.4, 0.5) is 0 Å². The Kier molecular flexibility index (Phi) is 5.26. The van der Waals surface area contributed by atoms with Crippen LogP contribution in [0.1, 0.15) is 35.6 Å². The second kappa shape index (κ2) is 7.77. The van der Waals surface area contributed by atoms with Gasteiger partial charge in [-0.25, -0.2) is 0 Å². The molecule has 1 aliphatic rings. The number of nitrogens with one attached hydrogen (secondary N) is 2. The molecule has 0 fully saturated rings. The van der Waals surface area contributed by atoms with Crippen LogP contribution < -0.4 is 10.6 Å². The summed E-state index contributed by atoms with van der Waals surface area (Å²) in [4.78, 5) is 24.1. The molecule has 0 aliphatic heterocycles. The van der Waals surface area contributed by atoms with Crippen molar-refractivity contribution in [2.75, 3.05) is 6.54 Å². The molecule has 0 saturated heterocycles. The van der Waals surface area contributed by atoms with Crippen LogP contribution in [-0.2, 0) is 22.4 Å². The Morgan fingerprint density at radius 3 is 2.54 bits per heavy atom. The van der Waals surface area contributed by atoms with Crippen LogP contribution in [-0.4, -0.2) is 18.4 Å². The number of hydrogen-bond acceptors (Lipinski definition) is 2. The highest BCUT2D eigenvalue weighted by Crippen LogP contribution is 2.29. The molecule has 0 unspecified atom stereocenters. The lowest BCUT2D eigenvalue weighted by molar-refractivity contribution is -0.126. The highest BCUT2D eigenvalue weighted by atomic mass is 16.2. The van der Waals surface area contributed by atoms with Crippen molar-refractivity contribution in [2.24, 2.45) is 0 Å². The third-order valence-corrected chi connectivity index (χ3v) is 4.36. The van der Waals surface area contributed by atoms with Crippen molar-refractivity contribution in [3.63, 3.8) is 0 Å². The summed E-state index contributed by atoms with van der Waals surface area (Å²) in [5, 5.41) is 5.73. The molecule has 2 N–H and O–H groups in total. The Morgan fingerprint density at radius 1 is 0.958 bits per heavy atom. The first-order valence-corrected chi connectivity index (χ1v) is 8.40. The van der Waals surface area contributed by atoms with Crippen LogP contribution in [0.15, 0.2) is 54.6 Å². The standard InChI is InChI=1S/C20H22N2O2/c23-19(13-15-7-2-1-3-8-15)21-14-20(24)22-18-12-6-10-16-9-4-5-11-17(16)18/h1-5,7-9,11,18H,6,10,12-14H2,(H,21,23)(H,22,24)/t18-/m0/s1. The van der Waals surface area contributed by atoms with E-state index in [1.54, 1.807) is 0 Å². The minimum atomic E-state index is -0.141. The molecule has 0 spiro atoms. The predicted molar refractivity (Wildman–Crippen MR) is 93.4 cm³/mol. The zero-order valence-corrected chi connectivity index (χ0v) is 13.6. The number of amides is 2. The summed E-state index contributed by atoms with van der Waals surface area (Å²) in [6.45, 7) is 0.0182. The van der Waals surface area contributed by atoms with E-state index in [-0.39, 0.29) is 24.4 Å². The van der Waals surface area contributed by atoms with Gasteiger partial charge in [0.1, 0.15) is 0 Å². The summed E-state index contributed by atoms with van der Waals surface area (Å²) in [6.07, 6.45) is 3.37. The molecule has 2 aromatic carbocycles. The fourth-order valence-corrected chi connectivity index (χ4v) is 3.17. The van der Waals surface area contributed by atoms with E-state index in [4.69, 9.17) is 0 Å². The highest BCUT2D eigenvalue weighted by molar-refractivity contribution is 5.85. The van der Waals surface area contributed by atoms with Crippen molar-refractivity contribution >= 4 is 11.8 Å². The maximum Gasteiger partial charge on any atom is 0.239 e. The Bertz CT molecular complexity index is 713. The maximum atomic E-state index is 12.2. The van der Waals surface area contributed by atoms with Crippen molar-refractivity contribution in [1.82, 2.24) is 10.6 Å². The Morgan fingerprint density at radius 2 is 1.71 bits per heavy atom. The molecule has 24 heavy (non-hydrogen) atoms. The maximum absolute atomic E-state index is 12.2. The molecule has 0 saturated carbocycles. The number of carbonyl (C=O) groups excluding carboxylic acids is 2. The van der Waals surface area contributed by atoms with E-state index in [9.17, 15) is 9.59 Å². The van der Waals surface area contributed by atoms with Crippen LogP contribution in [0.2, 0.25) is 0 Å². The number of fused-ring (bicyclic) bond motifs is 1. The summed E-state index contributed by atoms with van der Waals surface area (Å²) in [6, 6.07) is 17.8. The van der Waals surface area contributed by atoms with Crippen LogP contribution in [0.25, 0.3) is 0 Å². The van der Waals surface area contributed by atoms with E-state index in [0.717, 1.165) is 24.8 Å². The molecule has 0 aromatic heterocycles. The van der Waals surface area contributed by atoms with Crippen molar-refractivity contribution in [3.8, 4) is 0 Å². The molecular formula is C20H22N2O2. The lowest BCUT2D eigenvalue weighted by atomic mass is 9.88. The second-order valence-electron chi connectivity index (χ2n) is 6.15. The third-order valence-electron chi connectivity index (χ3n) is 4.36. The van der Waals surface area contributed by atoms with Gasteiger partial charge in [0.25, 0.3) is 0 Å². The van der Waals surface area contributed by atoms with Gasteiger partial charge in [-0.1, -0.05) is 54.6 Å². The smallest absolute Gasteiger partial charge is 0.239 e. The fraction of sp³-hybridized carbons (Fsp3) is 0.300. The molecular weight excluding hydrogens is 300 g/mol. The zero-order valence-electron chi connectivity index (χ0n) is 13.6. The van der Waals surface area contributed by atoms with Gasteiger partial charge in [0.05, 0.1) is 19.0 Å². The van der Waals surface area contributed by atoms with Crippen molar-refractivity contribution in [3.05, 3.63) is 71.3 Å². The molecule has 0 bridgehead atoms. The van der Waals surface area contributed by atoms with Crippen molar-refractivity contribution < 1.29 is 9.59 Å². The van der Waals surface area contributed by atoms with E-state index < -0.39 is 0 Å². The van der Waals surface area contributed by atoms with Gasteiger partial charge in [0.15, 0.2) is 0 Å². The molecule has 3 rings (SSSR count). The molecule has 1 atom stereocenters. The monoisotopic (exact) mass is 322 g/mol. The summed E-state index contributed by atoms with van der Waals surface area (Å²) in [7, 11) is 0. The molecule has 1 aliphatic carbocycles. The van der Waals surface area contributed by atoms with Gasteiger partial charge in [-0.05, 0) is 36.0 Å². The number of rotatable bonds is 5. The van der Waals surface area contributed by atoms with Gasteiger partial charge in [0.2, 0.25) is 11.8 Å². The molecule has 0 heterocycles. The van der Waals surface area contributed by atoms with Gasteiger partial charge < -0.3 is 10.6 Å². The Labute approximate surface area is 142 Å². The van der Waals surface area contributed by atoms with E-state index in [1.165, 1.54) is 11.1 Å². The lowest BCUT2D eigenvalue weighted by Crippen LogP contribution is -2.40. The van der Waals surface area contributed by atoms with Gasteiger partial charge in [-0.15, -0.1) is 0 Å². The van der Waals surface area contributed by atoms with Crippen molar-refractivity contribution in [1.29, 1.82) is 0 Å². The zero-order chi connectivity index (χ0) is 16.8. The fourth-order valence-electron chi connectivity index (χ4n) is 3.17. The average Bonchev–Trinajstić information content (AvgIpc) is 2.61. The molecule has 2 aromatic rings. The lowest BCUT2D eigenvalue weighted by Gasteiger charge is -2.26. The van der Waals surface area contributed by atoms with Gasteiger partial charge in [-0.2, -0.15) is 0 Å². The second-order valence-corrected chi connectivity index (χ2v) is 6.15. The van der Waals surface area contributed by atoms with Crippen LogP contribution >= 0.6 is 0 Å². The summed E-state index contributed by atoms with van der Waals surface area (Å²) >= 11 is 0. The average molecular weight is 322 g/mol. The normalized spacial score (nSPS) is 16.1. The van der Waals surface area contributed by atoms with Crippen LogP contribution in [0, 0.1) is 0 Å². The van der Waals surface area contributed by atoms with Crippen LogP contribution in [0.3, 0.4) is 0 Å². The number of benzene rings is 2. The summed E-state index contributed by atoms with van der Waals surface area (Å²) < 4.78 is 0. The first kappa shape index (κ1) is 16.2. The van der Waals surface area contributed by atoms with E-state index in [2.05, 4.69) is 22.8 Å². The number of hydrogen-bond donors (Lipinski definition) is 2. The number of aryl methyl sites for hydroxylation is 1. The molecule has 4 nitrogen and oxygen atoms in total. The van der Waals surface area contributed by atoms with Gasteiger partial charge in [-0.3, -0.25) is 9.59 Å². The van der Waals surface area contributed by atoms with E-state index in [0.29, 0.717) is 6.42 Å². The molecule has 2 amide bonds. The topological polar surface area (TPSA) is 58.2 Å². The van der Waals surface area contributed by atoms with Gasteiger partial charge >= 0.3 is 0 Å². The Hall–Kier alpha value is -2.62. The quantitative estimate of drug-likeness (QED) is 0.889. The summed E-state index contributed by atoms with van der Waals surface area (Å²) in [5.74, 6) is -0.279.